The molecule has 3 fully saturated rings. The van der Waals surface area contributed by atoms with E-state index in [1.165, 1.54) is 6.26 Å². The minimum atomic E-state index is -0.751. The molecular formula is C35H41Cl2N3O8. The molecule has 1 aliphatic carbocycles. The molecule has 0 spiro atoms. The molecule has 2 N–H and O–H groups in total. The zero-order chi connectivity index (χ0) is 33.9. The van der Waals surface area contributed by atoms with E-state index in [1.807, 2.05) is 17.0 Å². The number of likely N-dealkylation sites (tertiary alicyclic amines) is 2. The van der Waals surface area contributed by atoms with Crippen molar-refractivity contribution in [2.45, 2.75) is 68.9 Å². The molecule has 48 heavy (non-hydrogen) atoms. The van der Waals surface area contributed by atoms with E-state index in [0.29, 0.717) is 84.7 Å². The minimum Gasteiger partial charge on any atom is -0.481 e. The first-order valence-electron chi connectivity index (χ1n) is 16.3. The number of halogens is 2. The van der Waals surface area contributed by atoms with Crippen LogP contribution in [-0.4, -0.2) is 104 Å². The van der Waals surface area contributed by atoms with Gasteiger partial charge < -0.3 is 34.0 Å². The molecule has 0 bridgehead atoms. The van der Waals surface area contributed by atoms with Gasteiger partial charge in [0.2, 0.25) is 5.91 Å². The Morgan fingerprint density at radius 1 is 0.979 bits per heavy atom. The number of fused-ring (bicyclic) bond motifs is 1. The van der Waals surface area contributed by atoms with E-state index in [0.717, 1.165) is 6.42 Å². The first-order valence-corrected chi connectivity index (χ1v) is 17.1. The fraction of sp³-hybridized carbons (Fsp3) is 0.514. The van der Waals surface area contributed by atoms with Gasteiger partial charge in [-0.25, -0.2) is 0 Å². The second kappa shape index (κ2) is 15.1. The number of ether oxygens (including phenoxy) is 3. The average molecular weight is 703 g/mol. The molecule has 2 aliphatic heterocycles. The largest absolute Gasteiger partial charge is 0.481 e. The summed E-state index contributed by atoms with van der Waals surface area (Å²) in [4.78, 5) is 42.6. The molecule has 0 unspecified atom stereocenters. The molecule has 2 amide bonds. The molecule has 1 saturated carbocycles. The molecule has 4 atom stereocenters. The third kappa shape index (κ3) is 7.51. The van der Waals surface area contributed by atoms with Gasteiger partial charge in [-0.1, -0.05) is 41.4 Å². The molecular weight excluding hydrogens is 661 g/mol. The topological polar surface area (TPSA) is 131 Å². The Kier molecular flexibility index (Phi) is 10.9. The van der Waals surface area contributed by atoms with Crippen molar-refractivity contribution >= 4 is 57.6 Å². The van der Waals surface area contributed by atoms with Gasteiger partial charge in [0.15, 0.2) is 0 Å². The lowest BCUT2D eigenvalue weighted by Crippen LogP contribution is -2.41. The van der Waals surface area contributed by atoms with Crippen LogP contribution in [0, 0.1) is 5.92 Å². The van der Waals surface area contributed by atoms with E-state index < -0.39 is 11.9 Å². The van der Waals surface area contributed by atoms with Crippen LogP contribution in [0.2, 0.25) is 10.0 Å². The number of carboxylic acids is 1. The minimum absolute atomic E-state index is 0.0213. The highest BCUT2D eigenvalue weighted by Crippen LogP contribution is 2.34. The van der Waals surface area contributed by atoms with Crippen molar-refractivity contribution in [2.75, 3.05) is 45.8 Å². The maximum absolute atomic E-state index is 14.0. The first kappa shape index (κ1) is 34.7. The Bertz CT molecular complexity index is 1630. The van der Waals surface area contributed by atoms with Crippen molar-refractivity contribution in [3.8, 4) is 0 Å². The number of anilines is 1. The third-order valence-corrected chi connectivity index (χ3v) is 10.7. The summed E-state index contributed by atoms with van der Waals surface area (Å²) in [7, 11) is 3.37. The fourth-order valence-corrected chi connectivity index (χ4v) is 7.76. The molecule has 1 aromatic heterocycles. The first-order chi connectivity index (χ1) is 23.1. The molecule has 3 aliphatic rings. The van der Waals surface area contributed by atoms with E-state index in [1.54, 1.807) is 38.5 Å². The van der Waals surface area contributed by atoms with Crippen LogP contribution in [0.15, 0.2) is 47.1 Å². The highest BCUT2D eigenvalue weighted by molar-refractivity contribution is 6.36. The van der Waals surface area contributed by atoms with E-state index in [2.05, 4.69) is 10.2 Å². The SMILES string of the molecule is CO[C@H]1CN([C@H]2C[C@@H](COC3CCC(C(=O)O)CC3)N(C(=O)Cc3cc(Cl)c(NC(=O)c4coc5ccccc45)cc3Cl)C2)C[C@H]1OC. The number of furan rings is 1. The molecule has 11 nitrogen and oxygen atoms in total. The van der Waals surface area contributed by atoms with Crippen molar-refractivity contribution in [3.05, 3.63) is 63.8 Å². The maximum Gasteiger partial charge on any atom is 0.306 e. The summed E-state index contributed by atoms with van der Waals surface area (Å²) in [5.74, 6) is -1.57. The number of amides is 2. The number of nitrogens with one attached hydrogen (secondary N) is 1. The summed E-state index contributed by atoms with van der Waals surface area (Å²) in [6.45, 7) is 2.29. The summed E-state index contributed by atoms with van der Waals surface area (Å²) in [5.41, 5.74) is 1.84. The Balaban J connectivity index is 1.14. The van der Waals surface area contributed by atoms with E-state index in [9.17, 15) is 19.5 Å². The smallest absolute Gasteiger partial charge is 0.306 e. The Hall–Kier alpha value is -3.19. The van der Waals surface area contributed by atoms with Crippen LogP contribution in [0.5, 0.6) is 0 Å². The molecule has 2 saturated heterocycles. The molecule has 258 valence electrons. The fourth-order valence-electron chi connectivity index (χ4n) is 7.29. The molecule has 6 rings (SSSR count). The number of carbonyl (C=O) groups excluding carboxylic acids is 2. The monoisotopic (exact) mass is 701 g/mol. The lowest BCUT2D eigenvalue weighted by Gasteiger charge is -2.30. The van der Waals surface area contributed by atoms with Crippen LogP contribution < -0.4 is 5.32 Å². The second-order valence-corrected chi connectivity index (χ2v) is 13.8. The average Bonchev–Trinajstić information content (AvgIpc) is 3.83. The van der Waals surface area contributed by atoms with Crippen molar-refractivity contribution in [2.24, 2.45) is 5.92 Å². The summed E-state index contributed by atoms with van der Waals surface area (Å²) < 4.78 is 23.2. The van der Waals surface area contributed by atoms with Gasteiger partial charge in [-0.3, -0.25) is 19.3 Å². The number of carbonyl (C=O) groups is 3. The highest BCUT2D eigenvalue weighted by Gasteiger charge is 2.43. The van der Waals surface area contributed by atoms with Crippen molar-refractivity contribution in [1.29, 1.82) is 0 Å². The van der Waals surface area contributed by atoms with E-state index >= 15 is 0 Å². The van der Waals surface area contributed by atoms with E-state index in [4.69, 9.17) is 41.8 Å². The summed E-state index contributed by atoms with van der Waals surface area (Å²) in [6, 6.07) is 10.4. The zero-order valence-electron chi connectivity index (χ0n) is 27.0. The van der Waals surface area contributed by atoms with Gasteiger partial charge in [0, 0.05) is 50.3 Å². The molecule has 13 heteroatoms. The quantitative estimate of drug-likeness (QED) is 0.266. The van der Waals surface area contributed by atoms with Gasteiger partial charge in [0.1, 0.15) is 11.8 Å². The van der Waals surface area contributed by atoms with Crippen molar-refractivity contribution in [3.63, 3.8) is 0 Å². The zero-order valence-corrected chi connectivity index (χ0v) is 28.5. The van der Waals surface area contributed by atoms with Gasteiger partial charge in [-0.15, -0.1) is 0 Å². The maximum atomic E-state index is 14.0. The highest BCUT2D eigenvalue weighted by atomic mass is 35.5. The molecule has 3 aromatic rings. The summed E-state index contributed by atoms with van der Waals surface area (Å²) in [5, 5.41) is 13.4. The lowest BCUT2D eigenvalue weighted by atomic mass is 9.87. The third-order valence-electron chi connectivity index (χ3n) is 10.1. The standard InChI is InChI=1S/C35H41Cl2N3O8/c1-45-31-16-39(17-32(31)46-2)22-13-23(18-47-24-9-7-20(8-10-24)35(43)44)40(15-22)33(41)12-21-11-28(37)29(14-27(21)36)38-34(42)26-19-48-30-6-4-3-5-25(26)30/h3-6,11,14,19-20,22-24,31-32H,7-10,12-13,15-18H2,1-2H3,(H,38,42)(H,43,44)/t20?,22-,23-,24?,31-,32+/m0/s1. The van der Waals surface area contributed by atoms with Crippen LogP contribution >= 0.6 is 23.2 Å². The number of aliphatic carboxylic acids is 1. The predicted octanol–water partition coefficient (Wildman–Crippen LogP) is 5.51. The number of nitrogens with zero attached hydrogens (tertiary/aromatic N) is 2. The Morgan fingerprint density at radius 3 is 2.38 bits per heavy atom. The Morgan fingerprint density at radius 2 is 1.69 bits per heavy atom. The van der Waals surface area contributed by atoms with Gasteiger partial charge in [-0.2, -0.15) is 0 Å². The summed E-state index contributed by atoms with van der Waals surface area (Å²) in [6.07, 6.45) is 4.58. The van der Waals surface area contributed by atoms with Crippen molar-refractivity contribution in [1.82, 2.24) is 9.80 Å². The molecule has 0 radical (unpaired) electrons. The number of rotatable bonds is 11. The van der Waals surface area contributed by atoms with Gasteiger partial charge in [0.05, 0.1) is 59.6 Å². The number of methoxy groups -OCH3 is 2. The van der Waals surface area contributed by atoms with Crippen LogP contribution in [-0.2, 0) is 30.2 Å². The number of hydrogen-bond acceptors (Lipinski definition) is 8. The van der Waals surface area contributed by atoms with Gasteiger partial charge in [-0.05, 0) is 55.9 Å². The Labute approximate surface area is 289 Å². The normalized spacial score (nSPS) is 26.3. The van der Waals surface area contributed by atoms with Crippen LogP contribution in [0.25, 0.3) is 11.0 Å². The predicted molar refractivity (Wildman–Crippen MR) is 181 cm³/mol. The van der Waals surface area contributed by atoms with Crippen LogP contribution in [0.4, 0.5) is 5.69 Å². The van der Waals surface area contributed by atoms with Gasteiger partial charge in [0.25, 0.3) is 5.91 Å². The number of hydrogen-bond donors (Lipinski definition) is 2. The van der Waals surface area contributed by atoms with E-state index in [-0.39, 0.29) is 53.7 Å². The number of carboxylic acid groups (broad SMARTS) is 1. The summed E-state index contributed by atoms with van der Waals surface area (Å²) >= 11 is 13.3. The number of para-hydroxylation sites is 1. The van der Waals surface area contributed by atoms with Crippen LogP contribution in [0.3, 0.4) is 0 Å². The lowest BCUT2D eigenvalue weighted by molar-refractivity contribution is -0.144. The number of benzene rings is 2. The van der Waals surface area contributed by atoms with Crippen molar-refractivity contribution < 1.29 is 38.1 Å². The van der Waals surface area contributed by atoms with Crippen LogP contribution in [0.1, 0.15) is 48.0 Å². The second-order valence-electron chi connectivity index (χ2n) is 12.9. The van der Waals surface area contributed by atoms with Gasteiger partial charge >= 0.3 is 5.97 Å². The molecule has 2 aromatic carbocycles. The molecule has 3 heterocycles.